The molecule has 1 aromatic rings. The van der Waals surface area contributed by atoms with E-state index in [4.69, 9.17) is 0 Å². The lowest BCUT2D eigenvalue weighted by Crippen LogP contribution is -2.45. The van der Waals surface area contributed by atoms with E-state index in [1.165, 1.54) is 0 Å². The predicted molar refractivity (Wildman–Crippen MR) is 63.9 cm³/mol. The smallest absolute Gasteiger partial charge is 0.292 e. The molecule has 0 aromatic heterocycles. The molecule has 0 heterocycles. The van der Waals surface area contributed by atoms with Gasteiger partial charge in [-0.3, -0.25) is 10.1 Å². The van der Waals surface area contributed by atoms with Crippen LogP contribution in [0.1, 0.15) is 13.3 Å². The van der Waals surface area contributed by atoms with Crippen LogP contribution in [0.15, 0.2) is 18.2 Å². The van der Waals surface area contributed by atoms with Gasteiger partial charge in [-0.2, -0.15) is 0 Å². The average Bonchev–Trinajstić information content (AvgIpc) is 2.36. The molecule has 0 unspecified atom stereocenters. The second-order valence-corrected chi connectivity index (χ2v) is 3.99. The van der Waals surface area contributed by atoms with Gasteiger partial charge in [-0.1, -0.05) is 6.92 Å². The molecule has 0 radical (unpaired) electrons. The Morgan fingerprint density at radius 2 is 2.06 bits per heavy atom. The standard InChI is InChI=1S/C11H15FN2O4/c1-2-11(6-15,7-16)13-9-5-8(12)3-4-10(9)14(17)18/h3-5,13,15-16H,2,6-7H2,1H3. The predicted octanol–water partition coefficient (Wildman–Crippen LogP) is 1.28. The zero-order valence-corrected chi connectivity index (χ0v) is 9.89. The number of aliphatic hydroxyl groups is 2. The van der Waals surface area contributed by atoms with Crippen molar-refractivity contribution >= 4 is 11.4 Å². The maximum absolute atomic E-state index is 13.1. The maximum Gasteiger partial charge on any atom is 0.292 e. The molecule has 18 heavy (non-hydrogen) atoms. The van der Waals surface area contributed by atoms with E-state index < -0.39 is 29.5 Å². The molecular weight excluding hydrogens is 243 g/mol. The third-order valence-corrected chi connectivity index (χ3v) is 2.84. The lowest BCUT2D eigenvalue weighted by atomic mass is 9.98. The normalized spacial score (nSPS) is 11.3. The number of nitrogens with one attached hydrogen (secondary N) is 1. The average molecular weight is 258 g/mol. The summed E-state index contributed by atoms with van der Waals surface area (Å²) in [6.07, 6.45) is 0.327. The first-order valence-electron chi connectivity index (χ1n) is 5.42. The molecular formula is C11H15FN2O4. The number of nitrogens with zero attached hydrogens (tertiary/aromatic N) is 1. The van der Waals surface area contributed by atoms with Gasteiger partial charge in [-0.05, 0) is 12.5 Å². The van der Waals surface area contributed by atoms with E-state index in [0.29, 0.717) is 6.42 Å². The van der Waals surface area contributed by atoms with E-state index in [-0.39, 0.29) is 11.4 Å². The van der Waals surface area contributed by atoms with E-state index in [0.717, 1.165) is 18.2 Å². The van der Waals surface area contributed by atoms with Crippen LogP contribution in [0, 0.1) is 15.9 Å². The highest BCUT2D eigenvalue weighted by atomic mass is 19.1. The molecule has 0 bridgehead atoms. The summed E-state index contributed by atoms with van der Waals surface area (Å²) in [5, 5.41) is 32.0. The number of nitro groups is 1. The van der Waals surface area contributed by atoms with Crippen molar-refractivity contribution in [2.24, 2.45) is 0 Å². The Balaban J connectivity index is 3.16. The van der Waals surface area contributed by atoms with Crippen LogP contribution >= 0.6 is 0 Å². The number of nitro benzene ring substituents is 1. The van der Waals surface area contributed by atoms with E-state index in [2.05, 4.69) is 5.32 Å². The summed E-state index contributed by atoms with van der Waals surface area (Å²) >= 11 is 0. The van der Waals surface area contributed by atoms with E-state index in [1.807, 2.05) is 0 Å². The summed E-state index contributed by atoms with van der Waals surface area (Å²) in [7, 11) is 0. The highest BCUT2D eigenvalue weighted by Crippen LogP contribution is 2.28. The second kappa shape index (κ2) is 5.74. The number of benzene rings is 1. The molecule has 100 valence electrons. The summed E-state index contributed by atoms with van der Waals surface area (Å²) in [5.74, 6) is -0.635. The highest BCUT2D eigenvalue weighted by Gasteiger charge is 2.29. The summed E-state index contributed by atoms with van der Waals surface area (Å²) in [5.41, 5.74) is -1.49. The number of hydrogen-bond acceptors (Lipinski definition) is 5. The molecule has 0 aliphatic carbocycles. The van der Waals surface area contributed by atoms with E-state index in [9.17, 15) is 24.7 Å². The topological polar surface area (TPSA) is 95.6 Å². The highest BCUT2D eigenvalue weighted by molar-refractivity contribution is 5.62. The van der Waals surface area contributed by atoms with Gasteiger partial charge in [-0.25, -0.2) is 4.39 Å². The first kappa shape index (κ1) is 14.3. The Morgan fingerprint density at radius 3 is 2.50 bits per heavy atom. The van der Waals surface area contributed by atoms with Crippen LogP contribution in [0.4, 0.5) is 15.8 Å². The second-order valence-electron chi connectivity index (χ2n) is 3.99. The van der Waals surface area contributed by atoms with Crippen LogP contribution in [0.2, 0.25) is 0 Å². The van der Waals surface area contributed by atoms with Crippen molar-refractivity contribution in [3.63, 3.8) is 0 Å². The lowest BCUT2D eigenvalue weighted by molar-refractivity contribution is -0.384. The molecule has 1 rings (SSSR count). The molecule has 0 saturated heterocycles. The number of rotatable bonds is 6. The fourth-order valence-corrected chi connectivity index (χ4v) is 1.49. The molecule has 0 atom stereocenters. The third-order valence-electron chi connectivity index (χ3n) is 2.84. The van der Waals surface area contributed by atoms with Crippen molar-refractivity contribution in [3.05, 3.63) is 34.1 Å². The molecule has 3 N–H and O–H groups in total. The molecule has 7 heteroatoms. The van der Waals surface area contributed by atoms with Crippen molar-refractivity contribution in [2.45, 2.75) is 18.9 Å². The number of anilines is 1. The van der Waals surface area contributed by atoms with Gasteiger partial charge in [0.1, 0.15) is 11.5 Å². The molecule has 0 fully saturated rings. The first-order valence-corrected chi connectivity index (χ1v) is 5.42. The minimum absolute atomic E-state index is 0.0649. The van der Waals surface area contributed by atoms with Gasteiger partial charge in [0.25, 0.3) is 5.69 Å². The molecule has 0 saturated carbocycles. The van der Waals surface area contributed by atoms with E-state index in [1.54, 1.807) is 6.92 Å². The summed E-state index contributed by atoms with van der Waals surface area (Å²) in [6, 6.07) is 2.98. The number of aliphatic hydroxyl groups excluding tert-OH is 2. The minimum atomic E-state index is -1.11. The van der Waals surface area contributed by atoms with Crippen molar-refractivity contribution in [3.8, 4) is 0 Å². The molecule has 0 spiro atoms. The zero-order chi connectivity index (χ0) is 13.8. The van der Waals surface area contributed by atoms with Crippen LogP contribution in [-0.4, -0.2) is 33.9 Å². The first-order chi connectivity index (χ1) is 8.48. The van der Waals surface area contributed by atoms with Gasteiger partial charge in [-0.15, -0.1) is 0 Å². The van der Waals surface area contributed by atoms with Gasteiger partial charge >= 0.3 is 0 Å². The Bertz CT molecular complexity index is 427. The quantitative estimate of drug-likeness (QED) is 0.527. The molecule has 1 aromatic carbocycles. The monoisotopic (exact) mass is 258 g/mol. The van der Waals surface area contributed by atoms with Crippen LogP contribution in [0.5, 0.6) is 0 Å². The third kappa shape index (κ3) is 2.93. The van der Waals surface area contributed by atoms with Crippen molar-refractivity contribution in [1.29, 1.82) is 0 Å². The van der Waals surface area contributed by atoms with Gasteiger partial charge in [0.15, 0.2) is 0 Å². The van der Waals surface area contributed by atoms with Gasteiger partial charge < -0.3 is 15.5 Å². The summed E-state index contributed by atoms with van der Waals surface area (Å²) in [4.78, 5) is 10.1. The van der Waals surface area contributed by atoms with Gasteiger partial charge in [0.2, 0.25) is 0 Å². The minimum Gasteiger partial charge on any atom is -0.394 e. The fourth-order valence-electron chi connectivity index (χ4n) is 1.49. The summed E-state index contributed by atoms with van der Waals surface area (Å²) < 4.78 is 13.1. The van der Waals surface area contributed by atoms with Crippen LogP contribution < -0.4 is 5.32 Å². The van der Waals surface area contributed by atoms with Crippen LogP contribution in [0.3, 0.4) is 0 Å². The van der Waals surface area contributed by atoms with E-state index >= 15 is 0 Å². The Hall–Kier alpha value is -1.73. The molecule has 0 amide bonds. The Labute approximate surface area is 103 Å². The van der Waals surface area contributed by atoms with Gasteiger partial charge in [0, 0.05) is 12.1 Å². The van der Waals surface area contributed by atoms with Crippen molar-refractivity contribution in [1.82, 2.24) is 0 Å². The van der Waals surface area contributed by atoms with Crippen LogP contribution in [0.25, 0.3) is 0 Å². The summed E-state index contributed by atoms with van der Waals surface area (Å²) in [6.45, 7) is 0.853. The van der Waals surface area contributed by atoms with Crippen LogP contribution in [-0.2, 0) is 0 Å². The molecule has 0 aliphatic heterocycles. The largest absolute Gasteiger partial charge is 0.394 e. The Morgan fingerprint density at radius 1 is 1.44 bits per heavy atom. The lowest BCUT2D eigenvalue weighted by Gasteiger charge is -2.30. The maximum atomic E-state index is 13.1. The molecule has 6 nitrogen and oxygen atoms in total. The van der Waals surface area contributed by atoms with Gasteiger partial charge in [0.05, 0.1) is 23.7 Å². The van der Waals surface area contributed by atoms with Crippen molar-refractivity contribution < 1.29 is 19.5 Å². The number of hydrogen-bond donors (Lipinski definition) is 3. The zero-order valence-electron chi connectivity index (χ0n) is 9.89. The van der Waals surface area contributed by atoms with Crippen molar-refractivity contribution in [2.75, 3.05) is 18.5 Å². The molecule has 0 aliphatic rings. The SMILES string of the molecule is CCC(CO)(CO)Nc1cc(F)ccc1[N+](=O)[O-]. The number of halogens is 1. The Kier molecular flexibility index (Phi) is 4.57. The fraction of sp³-hybridized carbons (Fsp3) is 0.455.